The summed E-state index contributed by atoms with van der Waals surface area (Å²) in [5.41, 5.74) is 6.47. The van der Waals surface area contributed by atoms with Crippen LogP contribution in [0.25, 0.3) is 16.7 Å². The Morgan fingerprint density at radius 1 is 0.975 bits per heavy atom. The topological polar surface area (TPSA) is 95.3 Å². The van der Waals surface area contributed by atoms with Crippen LogP contribution in [0.15, 0.2) is 54.6 Å². The zero-order valence-electron chi connectivity index (χ0n) is 24.2. The minimum Gasteiger partial charge on any atom is -0.491 e. The van der Waals surface area contributed by atoms with E-state index in [4.69, 9.17) is 19.6 Å². The van der Waals surface area contributed by atoms with Gasteiger partial charge in [0.05, 0.1) is 36.6 Å². The molecular formula is C32H38N4O4. The lowest BCUT2D eigenvalue weighted by molar-refractivity contribution is -0.143. The van der Waals surface area contributed by atoms with Crippen LogP contribution in [-0.2, 0) is 20.7 Å². The number of nitrogens with one attached hydrogen (secondary N) is 1. The Bertz CT molecular complexity index is 1480. The molecule has 40 heavy (non-hydrogen) atoms. The van der Waals surface area contributed by atoms with Crippen molar-refractivity contribution in [1.29, 1.82) is 0 Å². The predicted octanol–water partition coefficient (Wildman–Crippen LogP) is 5.88. The minimum atomic E-state index is -0.506. The van der Waals surface area contributed by atoms with Gasteiger partial charge >= 0.3 is 5.97 Å². The number of carbonyl (C=O) groups is 2. The standard InChI is InChI=1S/C32H38N4O4/c1-7-39-30(38)19-28(24-13-15-26(16-14-24)40-20(2)3)34-29(37)18-17-27-21(4)31-23(6)35-36(32(31)33-22(27)5)25-11-9-8-10-12-25/h8-16,20,28H,7,17-19H2,1-6H3,(H,34,37). The SMILES string of the molecule is CCOC(=O)CC(NC(=O)CCc1c(C)nc2c(c(C)nn2-c2ccccc2)c1C)c1ccc(OC(C)C)cc1. The van der Waals surface area contributed by atoms with Crippen LogP contribution in [0.2, 0.25) is 0 Å². The summed E-state index contributed by atoms with van der Waals surface area (Å²) in [5.74, 6) is 0.231. The summed E-state index contributed by atoms with van der Waals surface area (Å²) in [6.45, 7) is 12.0. The molecule has 2 aromatic carbocycles. The normalized spacial score (nSPS) is 12.0. The van der Waals surface area contributed by atoms with Crippen molar-refractivity contribution in [3.63, 3.8) is 0 Å². The number of rotatable bonds is 11. The molecule has 4 aromatic rings. The van der Waals surface area contributed by atoms with Crippen LogP contribution in [0.5, 0.6) is 5.75 Å². The summed E-state index contributed by atoms with van der Waals surface area (Å²) in [6, 6.07) is 16.9. The van der Waals surface area contributed by atoms with Gasteiger partial charge in [0.2, 0.25) is 5.91 Å². The fraction of sp³-hybridized carbons (Fsp3) is 0.375. The molecule has 2 heterocycles. The third kappa shape index (κ3) is 6.68. The second kappa shape index (κ2) is 12.8. The van der Waals surface area contributed by atoms with Crippen LogP contribution < -0.4 is 10.1 Å². The molecule has 0 radical (unpaired) electrons. The average molecular weight is 543 g/mol. The fourth-order valence-corrected chi connectivity index (χ4v) is 5.02. The average Bonchev–Trinajstić information content (AvgIpc) is 3.24. The summed E-state index contributed by atoms with van der Waals surface area (Å²) in [4.78, 5) is 30.4. The summed E-state index contributed by atoms with van der Waals surface area (Å²) < 4.78 is 12.8. The van der Waals surface area contributed by atoms with Crippen molar-refractivity contribution in [3.05, 3.63) is 82.7 Å². The summed E-state index contributed by atoms with van der Waals surface area (Å²) in [7, 11) is 0. The van der Waals surface area contributed by atoms with Crippen molar-refractivity contribution in [2.45, 2.75) is 73.0 Å². The fourth-order valence-electron chi connectivity index (χ4n) is 5.02. The van der Waals surface area contributed by atoms with Gasteiger partial charge in [-0.15, -0.1) is 0 Å². The van der Waals surface area contributed by atoms with E-state index in [1.165, 1.54) is 0 Å². The monoisotopic (exact) mass is 542 g/mol. The van der Waals surface area contributed by atoms with Crippen LogP contribution in [0.3, 0.4) is 0 Å². The van der Waals surface area contributed by atoms with E-state index in [9.17, 15) is 9.59 Å². The lowest BCUT2D eigenvalue weighted by Gasteiger charge is -2.20. The Morgan fingerprint density at radius 2 is 1.68 bits per heavy atom. The van der Waals surface area contributed by atoms with E-state index in [2.05, 4.69) is 12.2 Å². The van der Waals surface area contributed by atoms with Crippen LogP contribution in [0, 0.1) is 20.8 Å². The number of amides is 1. The lowest BCUT2D eigenvalue weighted by Crippen LogP contribution is -2.31. The number of hydrogen-bond acceptors (Lipinski definition) is 6. The Kier molecular flexibility index (Phi) is 9.19. The van der Waals surface area contributed by atoms with Gasteiger partial charge in [0.25, 0.3) is 0 Å². The molecule has 0 bridgehead atoms. The van der Waals surface area contributed by atoms with E-state index in [1.807, 2.05) is 87.0 Å². The van der Waals surface area contributed by atoms with Crippen molar-refractivity contribution in [1.82, 2.24) is 20.1 Å². The third-order valence-corrected chi connectivity index (χ3v) is 6.84. The molecule has 210 valence electrons. The van der Waals surface area contributed by atoms with Crippen LogP contribution in [-0.4, -0.2) is 39.4 Å². The number of fused-ring (bicyclic) bond motifs is 1. The molecule has 8 nitrogen and oxygen atoms in total. The molecule has 1 unspecified atom stereocenters. The molecule has 0 fully saturated rings. The van der Waals surface area contributed by atoms with E-state index in [0.717, 1.165) is 50.5 Å². The largest absolute Gasteiger partial charge is 0.491 e. The van der Waals surface area contributed by atoms with Crippen LogP contribution in [0.1, 0.15) is 67.7 Å². The molecule has 0 aliphatic carbocycles. The van der Waals surface area contributed by atoms with Gasteiger partial charge in [0, 0.05) is 17.5 Å². The maximum atomic E-state index is 13.2. The number of hydrogen-bond donors (Lipinski definition) is 1. The zero-order chi connectivity index (χ0) is 28.8. The van der Waals surface area contributed by atoms with E-state index >= 15 is 0 Å². The first kappa shape index (κ1) is 28.8. The van der Waals surface area contributed by atoms with Gasteiger partial charge in [-0.2, -0.15) is 5.10 Å². The first-order valence-corrected chi connectivity index (χ1v) is 13.8. The second-order valence-corrected chi connectivity index (χ2v) is 10.2. The molecule has 0 aliphatic heterocycles. The molecule has 1 amide bonds. The van der Waals surface area contributed by atoms with Crippen molar-refractivity contribution in [3.8, 4) is 11.4 Å². The molecular weight excluding hydrogens is 504 g/mol. The maximum absolute atomic E-state index is 13.2. The number of benzene rings is 2. The molecule has 0 spiro atoms. The molecule has 0 aliphatic rings. The van der Waals surface area contributed by atoms with E-state index in [0.29, 0.717) is 6.42 Å². The molecule has 0 saturated heterocycles. The smallest absolute Gasteiger partial charge is 0.308 e. The Hall–Kier alpha value is -4.20. The van der Waals surface area contributed by atoms with Crippen LogP contribution in [0.4, 0.5) is 0 Å². The molecule has 8 heteroatoms. The van der Waals surface area contributed by atoms with Gasteiger partial charge in [-0.25, -0.2) is 9.67 Å². The Balaban J connectivity index is 1.52. The lowest BCUT2D eigenvalue weighted by atomic mass is 9.98. The number of aryl methyl sites for hydroxylation is 3. The van der Waals surface area contributed by atoms with E-state index in [1.54, 1.807) is 6.92 Å². The number of para-hydroxylation sites is 1. The van der Waals surface area contributed by atoms with Gasteiger partial charge in [0.15, 0.2) is 5.65 Å². The van der Waals surface area contributed by atoms with Crippen molar-refractivity contribution in [2.75, 3.05) is 6.61 Å². The highest BCUT2D eigenvalue weighted by Gasteiger charge is 2.21. The highest BCUT2D eigenvalue weighted by molar-refractivity contribution is 5.85. The number of nitrogens with zero attached hydrogens (tertiary/aromatic N) is 3. The Labute approximate surface area is 235 Å². The summed E-state index contributed by atoms with van der Waals surface area (Å²) in [5, 5.41) is 8.81. The van der Waals surface area contributed by atoms with Gasteiger partial charge in [-0.05, 0) is 88.9 Å². The maximum Gasteiger partial charge on any atom is 0.308 e. The van der Waals surface area contributed by atoms with Gasteiger partial charge in [-0.1, -0.05) is 30.3 Å². The van der Waals surface area contributed by atoms with E-state index < -0.39 is 6.04 Å². The summed E-state index contributed by atoms with van der Waals surface area (Å²) >= 11 is 0. The number of aromatic nitrogens is 3. The second-order valence-electron chi connectivity index (χ2n) is 10.2. The molecule has 0 saturated carbocycles. The number of carbonyl (C=O) groups excluding carboxylic acids is 2. The number of ether oxygens (including phenoxy) is 2. The Morgan fingerprint density at radius 3 is 2.33 bits per heavy atom. The zero-order valence-corrected chi connectivity index (χ0v) is 24.2. The molecule has 4 rings (SSSR count). The number of pyridine rings is 1. The van der Waals surface area contributed by atoms with Crippen molar-refractivity contribution in [2.24, 2.45) is 0 Å². The van der Waals surface area contributed by atoms with Crippen molar-refractivity contribution < 1.29 is 19.1 Å². The van der Waals surface area contributed by atoms with Gasteiger partial charge < -0.3 is 14.8 Å². The first-order chi connectivity index (χ1) is 19.2. The highest BCUT2D eigenvalue weighted by Crippen LogP contribution is 2.28. The minimum absolute atomic E-state index is 0.0490. The quantitative estimate of drug-likeness (QED) is 0.238. The van der Waals surface area contributed by atoms with Gasteiger partial charge in [0.1, 0.15) is 5.75 Å². The van der Waals surface area contributed by atoms with Gasteiger partial charge in [-0.3, -0.25) is 9.59 Å². The molecule has 2 aromatic heterocycles. The first-order valence-electron chi connectivity index (χ1n) is 13.8. The van der Waals surface area contributed by atoms with E-state index in [-0.39, 0.29) is 37.4 Å². The van der Waals surface area contributed by atoms with Crippen molar-refractivity contribution >= 4 is 22.9 Å². The molecule has 1 atom stereocenters. The highest BCUT2D eigenvalue weighted by atomic mass is 16.5. The third-order valence-electron chi connectivity index (χ3n) is 6.84. The van der Waals surface area contributed by atoms with Crippen LogP contribution >= 0.6 is 0 Å². The number of esters is 1. The predicted molar refractivity (Wildman–Crippen MR) is 156 cm³/mol. The molecule has 1 N–H and O–H groups in total. The summed E-state index contributed by atoms with van der Waals surface area (Å²) in [6.07, 6.45) is 0.885.